The van der Waals surface area contributed by atoms with E-state index in [0.29, 0.717) is 22.3 Å². The Morgan fingerprint density at radius 1 is 1.33 bits per heavy atom. The molecule has 2 heterocycles. The van der Waals surface area contributed by atoms with E-state index >= 15 is 0 Å². The highest BCUT2D eigenvalue weighted by molar-refractivity contribution is 5.91. The maximum atomic E-state index is 11.8. The first-order valence-corrected chi connectivity index (χ1v) is 5.84. The molecule has 0 aliphatic carbocycles. The molecule has 18 heavy (non-hydrogen) atoms. The zero-order valence-electron chi connectivity index (χ0n) is 10.5. The van der Waals surface area contributed by atoms with E-state index in [9.17, 15) is 9.90 Å². The van der Waals surface area contributed by atoms with Gasteiger partial charge in [-0.2, -0.15) is 0 Å². The summed E-state index contributed by atoms with van der Waals surface area (Å²) in [5, 5.41) is 11.1. The van der Waals surface area contributed by atoms with Crippen molar-refractivity contribution in [1.29, 1.82) is 0 Å². The van der Waals surface area contributed by atoms with Crippen molar-refractivity contribution >= 4 is 11.0 Å². The van der Waals surface area contributed by atoms with Gasteiger partial charge in [-0.05, 0) is 26.3 Å². The van der Waals surface area contributed by atoms with Crippen LogP contribution in [0.4, 0.5) is 0 Å². The van der Waals surface area contributed by atoms with E-state index in [2.05, 4.69) is 0 Å². The molecular weight excluding hydrogens is 232 g/mol. The predicted octanol–water partition coefficient (Wildman–Crippen LogP) is 2.01. The second kappa shape index (κ2) is 3.36. The van der Waals surface area contributed by atoms with Crippen molar-refractivity contribution in [2.24, 2.45) is 0 Å². The summed E-state index contributed by atoms with van der Waals surface area (Å²) >= 11 is 0. The average molecular weight is 246 g/mol. The number of hydrogen-bond donors (Lipinski definition) is 1. The number of ether oxygens (including phenoxy) is 1. The summed E-state index contributed by atoms with van der Waals surface area (Å²) in [6, 6.07) is 3.71. The first-order chi connectivity index (χ1) is 8.42. The largest absolute Gasteiger partial charge is 0.489 e. The summed E-state index contributed by atoms with van der Waals surface area (Å²) in [4.78, 5) is 11.8. The smallest absolute Gasteiger partial charge is 0.342 e. The molecule has 1 aliphatic heterocycles. The van der Waals surface area contributed by atoms with E-state index in [1.54, 1.807) is 13.8 Å². The van der Waals surface area contributed by atoms with E-state index in [1.165, 1.54) is 0 Å². The third-order valence-corrected chi connectivity index (χ3v) is 3.50. The average Bonchev–Trinajstić information content (AvgIpc) is 2.30. The molecule has 0 saturated carbocycles. The molecule has 94 valence electrons. The summed E-state index contributed by atoms with van der Waals surface area (Å²) in [6.45, 7) is 5.38. The molecule has 0 unspecified atom stereocenters. The van der Waals surface area contributed by atoms with Crippen molar-refractivity contribution in [2.75, 3.05) is 6.61 Å². The number of benzene rings is 1. The number of hydrogen-bond acceptors (Lipinski definition) is 4. The van der Waals surface area contributed by atoms with Crippen LogP contribution in [0.25, 0.3) is 11.0 Å². The zero-order valence-corrected chi connectivity index (χ0v) is 10.5. The van der Waals surface area contributed by atoms with Gasteiger partial charge in [-0.25, -0.2) is 4.79 Å². The second-order valence-electron chi connectivity index (χ2n) is 5.04. The third kappa shape index (κ3) is 1.32. The van der Waals surface area contributed by atoms with Gasteiger partial charge >= 0.3 is 5.63 Å². The van der Waals surface area contributed by atoms with E-state index < -0.39 is 5.60 Å². The van der Waals surface area contributed by atoms with Gasteiger partial charge < -0.3 is 14.3 Å². The van der Waals surface area contributed by atoms with E-state index in [1.807, 2.05) is 19.1 Å². The Balaban J connectivity index is 2.58. The Morgan fingerprint density at radius 3 is 2.78 bits per heavy atom. The highest BCUT2D eigenvalue weighted by atomic mass is 16.5. The van der Waals surface area contributed by atoms with Crippen LogP contribution >= 0.6 is 0 Å². The van der Waals surface area contributed by atoms with E-state index in [4.69, 9.17) is 9.15 Å². The van der Waals surface area contributed by atoms with Crippen LogP contribution in [-0.4, -0.2) is 11.7 Å². The molecule has 1 atom stereocenters. The molecule has 1 N–H and O–H groups in total. The fourth-order valence-electron chi connectivity index (χ4n) is 2.41. The van der Waals surface area contributed by atoms with Crippen LogP contribution in [0.1, 0.15) is 23.6 Å². The van der Waals surface area contributed by atoms with Crippen LogP contribution in [0.3, 0.4) is 0 Å². The number of aliphatic hydroxyl groups is 1. The summed E-state index contributed by atoms with van der Waals surface area (Å²) in [5.41, 5.74) is 1.09. The molecule has 4 heteroatoms. The molecule has 0 fully saturated rings. The molecule has 0 saturated heterocycles. The quantitative estimate of drug-likeness (QED) is 0.722. The Bertz CT molecular complexity index is 710. The molecule has 3 rings (SSSR count). The van der Waals surface area contributed by atoms with Crippen LogP contribution in [-0.2, 0) is 5.60 Å². The molecule has 1 aromatic heterocycles. The molecule has 0 bridgehead atoms. The van der Waals surface area contributed by atoms with Crippen LogP contribution in [0.2, 0.25) is 0 Å². The first-order valence-electron chi connectivity index (χ1n) is 5.84. The van der Waals surface area contributed by atoms with Crippen LogP contribution in [0, 0.1) is 13.8 Å². The maximum absolute atomic E-state index is 11.8. The monoisotopic (exact) mass is 246 g/mol. The Labute approximate surface area is 104 Å². The molecule has 0 amide bonds. The van der Waals surface area contributed by atoms with Gasteiger partial charge in [0.15, 0.2) is 0 Å². The van der Waals surface area contributed by atoms with Crippen LogP contribution in [0.5, 0.6) is 5.75 Å². The minimum Gasteiger partial charge on any atom is -0.489 e. The van der Waals surface area contributed by atoms with Gasteiger partial charge in [-0.15, -0.1) is 0 Å². The summed E-state index contributed by atoms with van der Waals surface area (Å²) in [6.07, 6.45) is 0. The molecule has 4 nitrogen and oxygen atoms in total. The first kappa shape index (κ1) is 11.3. The van der Waals surface area contributed by atoms with E-state index in [-0.39, 0.29) is 12.2 Å². The molecule has 2 aromatic rings. The fraction of sp³-hybridized carbons (Fsp3) is 0.357. The van der Waals surface area contributed by atoms with Gasteiger partial charge in [0.1, 0.15) is 23.5 Å². The Morgan fingerprint density at radius 2 is 2.06 bits per heavy atom. The van der Waals surface area contributed by atoms with Gasteiger partial charge in [0.25, 0.3) is 0 Å². The molecule has 1 aromatic carbocycles. The van der Waals surface area contributed by atoms with Crippen molar-refractivity contribution in [3.63, 3.8) is 0 Å². The maximum Gasteiger partial charge on any atom is 0.342 e. The standard InChI is InChI=1S/C14H14O4/c1-7-4-5-9-10-11(7)18-13(15)8(2)12(10)17-6-14(9,3)16/h4-5,16H,6H2,1-3H3/t14-/m1/s1. The molecular formula is C14H14O4. The highest BCUT2D eigenvalue weighted by Crippen LogP contribution is 2.41. The van der Waals surface area contributed by atoms with Gasteiger partial charge in [0.05, 0.1) is 10.9 Å². The molecule has 0 spiro atoms. The van der Waals surface area contributed by atoms with E-state index in [0.717, 1.165) is 11.1 Å². The fourth-order valence-corrected chi connectivity index (χ4v) is 2.41. The lowest BCUT2D eigenvalue weighted by Gasteiger charge is -2.31. The highest BCUT2D eigenvalue weighted by Gasteiger charge is 2.34. The van der Waals surface area contributed by atoms with Crippen molar-refractivity contribution in [3.05, 3.63) is 39.2 Å². The normalized spacial score (nSPS) is 22.0. The molecule has 1 aliphatic rings. The zero-order chi connectivity index (χ0) is 13.1. The van der Waals surface area contributed by atoms with Gasteiger partial charge in [-0.3, -0.25) is 0 Å². The lowest BCUT2D eigenvalue weighted by atomic mass is 9.89. The van der Waals surface area contributed by atoms with Gasteiger partial charge in [-0.1, -0.05) is 12.1 Å². The minimum absolute atomic E-state index is 0.141. The predicted molar refractivity (Wildman–Crippen MR) is 67.0 cm³/mol. The van der Waals surface area contributed by atoms with Crippen LogP contribution < -0.4 is 10.4 Å². The van der Waals surface area contributed by atoms with Gasteiger partial charge in [0, 0.05) is 5.56 Å². The summed E-state index contributed by atoms with van der Waals surface area (Å²) in [7, 11) is 0. The van der Waals surface area contributed by atoms with Gasteiger partial charge in [0.2, 0.25) is 0 Å². The summed E-state index contributed by atoms with van der Waals surface area (Å²) in [5.74, 6) is 0.534. The minimum atomic E-state index is -1.06. The number of aryl methyl sites for hydroxylation is 1. The lowest BCUT2D eigenvalue weighted by molar-refractivity contribution is 0.00315. The topological polar surface area (TPSA) is 59.7 Å². The lowest BCUT2D eigenvalue weighted by Crippen LogP contribution is -2.33. The Hall–Kier alpha value is -1.81. The Kier molecular flexibility index (Phi) is 2.10. The van der Waals surface area contributed by atoms with Crippen molar-refractivity contribution < 1.29 is 14.3 Å². The van der Waals surface area contributed by atoms with Crippen LogP contribution in [0.15, 0.2) is 21.3 Å². The second-order valence-corrected chi connectivity index (χ2v) is 5.04. The number of rotatable bonds is 0. The van der Waals surface area contributed by atoms with Crippen molar-refractivity contribution in [3.8, 4) is 5.75 Å². The SMILES string of the molecule is Cc1c2c3c(ccc(C)c3oc1=O)[C@](C)(O)CO2. The third-order valence-electron chi connectivity index (χ3n) is 3.50. The van der Waals surface area contributed by atoms with Crippen molar-refractivity contribution in [1.82, 2.24) is 0 Å². The summed E-state index contributed by atoms with van der Waals surface area (Å²) < 4.78 is 10.9. The van der Waals surface area contributed by atoms with Crippen molar-refractivity contribution in [2.45, 2.75) is 26.4 Å². The molecule has 0 radical (unpaired) electrons.